The predicted octanol–water partition coefficient (Wildman–Crippen LogP) is 2.66. The Balaban J connectivity index is 2.59. The number of aromatic amines is 1. The van der Waals surface area contributed by atoms with Crippen LogP contribution in [0.15, 0.2) is 29.2 Å². The first kappa shape index (κ1) is 11.3. The van der Waals surface area contributed by atoms with E-state index in [4.69, 9.17) is 0 Å². The van der Waals surface area contributed by atoms with Crippen LogP contribution in [0.4, 0.5) is 0 Å². The van der Waals surface area contributed by atoms with Crippen molar-refractivity contribution in [3.63, 3.8) is 0 Å². The second-order valence-corrected chi connectivity index (χ2v) is 4.89. The number of hydrogen-bond donors (Lipinski definition) is 1. The van der Waals surface area contributed by atoms with Crippen LogP contribution in [0, 0.1) is 17.4 Å². The minimum absolute atomic E-state index is 0.0921. The lowest BCUT2D eigenvalue weighted by Crippen LogP contribution is -2.11. The van der Waals surface area contributed by atoms with E-state index in [1.165, 1.54) is 5.56 Å². The van der Waals surface area contributed by atoms with Gasteiger partial charge in [-0.2, -0.15) is 0 Å². The highest BCUT2D eigenvalue weighted by atomic mass is 127. The van der Waals surface area contributed by atoms with Crippen molar-refractivity contribution in [2.45, 2.75) is 13.8 Å². The fraction of sp³-hybridized carbons (Fsp3) is 0.167. The van der Waals surface area contributed by atoms with E-state index in [0.29, 0.717) is 9.39 Å². The number of aryl methyl sites for hydroxylation is 2. The van der Waals surface area contributed by atoms with Gasteiger partial charge in [0.1, 0.15) is 5.82 Å². The molecule has 82 valence electrons. The SMILES string of the molecule is Cc1ccc(-c2ncc(I)c(=O)[nH]2)c(C)c1. The molecule has 0 aliphatic carbocycles. The number of benzene rings is 1. The number of H-pyrrole nitrogens is 1. The lowest BCUT2D eigenvalue weighted by molar-refractivity contribution is 1.10. The molecule has 0 unspecified atom stereocenters. The molecule has 4 heteroatoms. The topological polar surface area (TPSA) is 45.8 Å². The molecule has 0 atom stereocenters. The summed E-state index contributed by atoms with van der Waals surface area (Å²) in [5.74, 6) is 0.628. The van der Waals surface area contributed by atoms with E-state index >= 15 is 0 Å². The van der Waals surface area contributed by atoms with E-state index in [2.05, 4.69) is 16.0 Å². The Bertz CT molecular complexity index is 590. The molecular formula is C12H11IN2O. The molecule has 16 heavy (non-hydrogen) atoms. The number of nitrogens with zero attached hydrogens (tertiary/aromatic N) is 1. The van der Waals surface area contributed by atoms with E-state index in [9.17, 15) is 4.79 Å². The summed E-state index contributed by atoms with van der Waals surface area (Å²) in [7, 11) is 0. The van der Waals surface area contributed by atoms with E-state index in [0.717, 1.165) is 11.1 Å². The molecule has 0 amide bonds. The Labute approximate surface area is 107 Å². The van der Waals surface area contributed by atoms with Crippen LogP contribution in [0.5, 0.6) is 0 Å². The van der Waals surface area contributed by atoms with Gasteiger partial charge in [0.2, 0.25) is 0 Å². The summed E-state index contributed by atoms with van der Waals surface area (Å²) in [4.78, 5) is 18.5. The zero-order chi connectivity index (χ0) is 11.7. The maximum Gasteiger partial charge on any atom is 0.264 e. The molecule has 0 fully saturated rings. The highest BCUT2D eigenvalue weighted by molar-refractivity contribution is 14.1. The van der Waals surface area contributed by atoms with Gasteiger partial charge in [-0.05, 0) is 42.0 Å². The van der Waals surface area contributed by atoms with Gasteiger partial charge in [0, 0.05) is 11.8 Å². The fourth-order valence-corrected chi connectivity index (χ4v) is 1.87. The summed E-state index contributed by atoms with van der Waals surface area (Å²) in [6, 6.07) is 6.07. The second-order valence-electron chi connectivity index (χ2n) is 3.73. The van der Waals surface area contributed by atoms with Crippen molar-refractivity contribution in [2.24, 2.45) is 0 Å². The highest BCUT2D eigenvalue weighted by Gasteiger charge is 2.05. The first-order valence-corrected chi connectivity index (χ1v) is 5.98. The molecule has 1 aromatic heterocycles. The molecule has 1 aromatic carbocycles. The quantitative estimate of drug-likeness (QED) is 0.819. The van der Waals surface area contributed by atoms with Gasteiger partial charge in [0.25, 0.3) is 5.56 Å². The monoisotopic (exact) mass is 326 g/mol. The third-order valence-electron chi connectivity index (χ3n) is 2.39. The first-order valence-electron chi connectivity index (χ1n) is 4.90. The summed E-state index contributed by atoms with van der Waals surface area (Å²) in [5.41, 5.74) is 3.20. The van der Waals surface area contributed by atoms with Gasteiger partial charge in [-0.3, -0.25) is 4.79 Å². The molecule has 2 rings (SSSR count). The maximum absolute atomic E-state index is 11.5. The largest absolute Gasteiger partial charge is 0.306 e. The molecule has 0 saturated carbocycles. The normalized spacial score (nSPS) is 10.4. The fourth-order valence-electron chi connectivity index (χ4n) is 1.60. The van der Waals surface area contributed by atoms with Gasteiger partial charge < -0.3 is 4.98 Å². The minimum Gasteiger partial charge on any atom is -0.306 e. The third-order valence-corrected chi connectivity index (χ3v) is 3.16. The molecule has 0 aliphatic heterocycles. The average molecular weight is 326 g/mol. The van der Waals surface area contributed by atoms with Gasteiger partial charge in [-0.15, -0.1) is 0 Å². The van der Waals surface area contributed by atoms with E-state index in [-0.39, 0.29) is 5.56 Å². The maximum atomic E-state index is 11.5. The van der Waals surface area contributed by atoms with Gasteiger partial charge >= 0.3 is 0 Å². The zero-order valence-electron chi connectivity index (χ0n) is 9.04. The molecule has 3 nitrogen and oxygen atoms in total. The van der Waals surface area contributed by atoms with Gasteiger partial charge in [0.15, 0.2) is 0 Å². The van der Waals surface area contributed by atoms with E-state index in [1.54, 1.807) is 6.20 Å². The Morgan fingerprint density at radius 1 is 1.31 bits per heavy atom. The summed E-state index contributed by atoms with van der Waals surface area (Å²) >= 11 is 1.97. The van der Waals surface area contributed by atoms with Crippen LogP contribution in [0.25, 0.3) is 11.4 Å². The van der Waals surface area contributed by atoms with Crippen molar-refractivity contribution < 1.29 is 0 Å². The van der Waals surface area contributed by atoms with Gasteiger partial charge in [-0.25, -0.2) is 4.98 Å². The smallest absolute Gasteiger partial charge is 0.264 e. The standard InChI is InChI=1S/C12H11IN2O/c1-7-3-4-9(8(2)5-7)11-14-6-10(13)12(16)15-11/h3-6H,1-2H3,(H,14,15,16). The number of rotatable bonds is 1. The number of hydrogen-bond acceptors (Lipinski definition) is 2. The van der Waals surface area contributed by atoms with Crippen molar-refractivity contribution in [2.75, 3.05) is 0 Å². The van der Waals surface area contributed by atoms with Crippen LogP contribution in [0.2, 0.25) is 0 Å². The molecule has 0 radical (unpaired) electrons. The lowest BCUT2D eigenvalue weighted by atomic mass is 10.1. The summed E-state index contributed by atoms with van der Waals surface area (Å²) in [5, 5.41) is 0. The summed E-state index contributed by atoms with van der Waals surface area (Å²) < 4.78 is 0.603. The lowest BCUT2D eigenvalue weighted by Gasteiger charge is -2.05. The predicted molar refractivity (Wildman–Crippen MR) is 72.5 cm³/mol. The van der Waals surface area contributed by atoms with Crippen molar-refractivity contribution in [1.29, 1.82) is 0 Å². The van der Waals surface area contributed by atoms with Crippen LogP contribution in [0.3, 0.4) is 0 Å². The number of nitrogens with one attached hydrogen (secondary N) is 1. The Morgan fingerprint density at radius 3 is 2.69 bits per heavy atom. The minimum atomic E-state index is -0.0921. The average Bonchev–Trinajstić information content (AvgIpc) is 2.22. The molecule has 1 N–H and O–H groups in total. The summed E-state index contributed by atoms with van der Waals surface area (Å²) in [6.07, 6.45) is 1.59. The van der Waals surface area contributed by atoms with Crippen LogP contribution >= 0.6 is 22.6 Å². The zero-order valence-corrected chi connectivity index (χ0v) is 11.2. The van der Waals surface area contributed by atoms with Crippen molar-refractivity contribution in [3.05, 3.63) is 49.4 Å². The molecular weight excluding hydrogens is 315 g/mol. The van der Waals surface area contributed by atoms with Gasteiger partial charge in [-0.1, -0.05) is 23.8 Å². The molecule has 0 aliphatic rings. The molecule has 1 heterocycles. The second kappa shape index (κ2) is 4.37. The number of aromatic nitrogens is 2. The third kappa shape index (κ3) is 2.16. The number of halogens is 1. The van der Waals surface area contributed by atoms with Crippen LogP contribution in [-0.2, 0) is 0 Å². The summed E-state index contributed by atoms with van der Waals surface area (Å²) in [6.45, 7) is 4.06. The van der Waals surface area contributed by atoms with Crippen molar-refractivity contribution in [1.82, 2.24) is 9.97 Å². The van der Waals surface area contributed by atoms with Crippen LogP contribution < -0.4 is 5.56 Å². The highest BCUT2D eigenvalue weighted by Crippen LogP contribution is 2.19. The van der Waals surface area contributed by atoms with Crippen molar-refractivity contribution >= 4 is 22.6 Å². The molecule has 0 spiro atoms. The molecule has 0 bridgehead atoms. The van der Waals surface area contributed by atoms with Gasteiger partial charge in [0.05, 0.1) is 3.57 Å². The van der Waals surface area contributed by atoms with E-state index < -0.39 is 0 Å². The van der Waals surface area contributed by atoms with Crippen LogP contribution in [-0.4, -0.2) is 9.97 Å². The Hall–Kier alpha value is -1.17. The Kier molecular flexibility index (Phi) is 3.09. The van der Waals surface area contributed by atoms with Crippen molar-refractivity contribution in [3.8, 4) is 11.4 Å². The molecule has 2 aromatic rings. The van der Waals surface area contributed by atoms with Crippen LogP contribution in [0.1, 0.15) is 11.1 Å². The molecule has 0 saturated heterocycles. The Morgan fingerprint density at radius 2 is 2.06 bits per heavy atom. The first-order chi connectivity index (χ1) is 7.58. The van der Waals surface area contributed by atoms with E-state index in [1.807, 2.05) is 48.6 Å².